The number of likely N-dealkylation sites (tertiary alicyclic amines) is 1. The van der Waals surface area contributed by atoms with E-state index >= 15 is 0 Å². The highest BCUT2D eigenvalue weighted by atomic mass is 16.2. The summed E-state index contributed by atoms with van der Waals surface area (Å²) in [4.78, 5) is 30.7. The van der Waals surface area contributed by atoms with Crippen molar-refractivity contribution in [1.82, 2.24) is 15.2 Å². The molecule has 0 spiro atoms. The fourth-order valence-corrected chi connectivity index (χ4v) is 2.80. The third kappa shape index (κ3) is 5.05. The number of carbonyl (C=O) groups is 2. The van der Waals surface area contributed by atoms with Gasteiger partial charge < -0.3 is 10.2 Å². The maximum atomic E-state index is 12.6. The van der Waals surface area contributed by atoms with Crippen LogP contribution in [0.3, 0.4) is 0 Å². The minimum Gasteiger partial charge on any atom is -0.352 e. The zero-order chi connectivity index (χ0) is 16.8. The van der Waals surface area contributed by atoms with E-state index in [0.29, 0.717) is 29.6 Å². The van der Waals surface area contributed by atoms with E-state index in [1.54, 1.807) is 12.1 Å². The number of aromatic nitrogens is 1. The lowest BCUT2D eigenvalue weighted by molar-refractivity contribution is 0.0677. The van der Waals surface area contributed by atoms with Crippen molar-refractivity contribution >= 4 is 11.8 Å². The Labute approximate surface area is 138 Å². The van der Waals surface area contributed by atoms with Gasteiger partial charge in [-0.2, -0.15) is 0 Å². The molecule has 0 radical (unpaired) electrons. The summed E-state index contributed by atoms with van der Waals surface area (Å²) in [6, 6.07) is 3.26. The van der Waals surface area contributed by atoms with Gasteiger partial charge in [0, 0.05) is 31.4 Å². The second-order valence-electron chi connectivity index (χ2n) is 6.87. The molecule has 0 aliphatic carbocycles. The van der Waals surface area contributed by atoms with Crippen LogP contribution in [0.1, 0.15) is 60.9 Å². The number of piperidine rings is 1. The van der Waals surface area contributed by atoms with Crippen LogP contribution in [-0.4, -0.2) is 41.3 Å². The number of carbonyl (C=O) groups excluding carboxylic acids is 2. The molecule has 1 fully saturated rings. The Morgan fingerprint density at radius 3 is 2.91 bits per heavy atom. The van der Waals surface area contributed by atoms with Crippen molar-refractivity contribution in [3.05, 3.63) is 29.6 Å². The van der Waals surface area contributed by atoms with Gasteiger partial charge in [-0.25, -0.2) is 0 Å². The van der Waals surface area contributed by atoms with Crippen LogP contribution in [0.2, 0.25) is 0 Å². The first-order chi connectivity index (χ1) is 11.0. The number of nitrogens with one attached hydrogen (secondary N) is 1. The molecule has 1 atom stereocenters. The number of nitrogens with zero attached hydrogens (tertiary/aromatic N) is 2. The molecule has 2 rings (SSSR count). The van der Waals surface area contributed by atoms with Gasteiger partial charge in [-0.3, -0.25) is 14.6 Å². The van der Waals surface area contributed by atoms with Crippen LogP contribution >= 0.6 is 0 Å². The zero-order valence-corrected chi connectivity index (χ0v) is 14.3. The number of hydrogen-bond acceptors (Lipinski definition) is 3. The monoisotopic (exact) mass is 317 g/mol. The smallest absolute Gasteiger partial charge is 0.272 e. The summed E-state index contributed by atoms with van der Waals surface area (Å²) in [5, 5.41) is 2.89. The summed E-state index contributed by atoms with van der Waals surface area (Å²) in [5.74, 6) is 0.851. The molecule has 2 amide bonds. The highest BCUT2D eigenvalue weighted by Crippen LogP contribution is 2.17. The molecule has 1 aromatic rings. The van der Waals surface area contributed by atoms with E-state index in [1.165, 1.54) is 6.20 Å². The molecule has 23 heavy (non-hydrogen) atoms. The summed E-state index contributed by atoms with van der Waals surface area (Å²) in [6.45, 7) is 8.59. The second-order valence-corrected chi connectivity index (χ2v) is 6.87. The van der Waals surface area contributed by atoms with Gasteiger partial charge in [0.25, 0.3) is 11.8 Å². The fraction of sp³-hybridized carbons (Fsp3) is 0.611. The SMILES string of the molecule is CC(C)CCNC(=O)c1ccnc(C(=O)N2CCCC(C)C2)c1. The Bertz CT molecular complexity index is 557. The summed E-state index contributed by atoms with van der Waals surface area (Å²) < 4.78 is 0. The molecule has 5 heteroatoms. The van der Waals surface area contributed by atoms with Crippen molar-refractivity contribution < 1.29 is 9.59 Å². The summed E-state index contributed by atoms with van der Waals surface area (Å²) in [6.07, 6.45) is 4.67. The largest absolute Gasteiger partial charge is 0.352 e. The first kappa shape index (κ1) is 17.4. The Morgan fingerprint density at radius 1 is 1.43 bits per heavy atom. The lowest BCUT2D eigenvalue weighted by Crippen LogP contribution is -2.39. The third-order valence-electron chi connectivity index (χ3n) is 4.19. The average Bonchev–Trinajstić information content (AvgIpc) is 2.54. The van der Waals surface area contributed by atoms with Crippen LogP contribution in [0.25, 0.3) is 0 Å². The van der Waals surface area contributed by atoms with E-state index in [1.807, 2.05) is 4.90 Å². The molecular formula is C18H27N3O2. The summed E-state index contributed by atoms with van der Waals surface area (Å²) in [5.41, 5.74) is 0.854. The predicted molar refractivity (Wildman–Crippen MR) is 90.3 cm³/mol. The van der Waals surface area contributed by atoms with Gasteiger partial charge in [0.1, 0.15) is 5.69 Å². The Kier molecular flexibility index (Phi) is 6.13. The van der Waals surface area contributed by atoms with Crippen molar-refractivity contribution in [1.29, 1.82) is 0 Å². The highest BCUT2D eigenvalue weighted by Gasteiger charge is 2.23. The van der Waals surface area contributed by atoms with Gasteiger partial charge in [0.15, 0.2) is 0 Å². The molecule has 1 N–H and O–H groups in total. The minimum atomic E-state index is -0.144. The van der Waals surface area contributed by atoms with Gasteiger partial charge in [-0.1, -0.05) is 20.8 Å². The van der Waals surface area contributed by atoms with E-state index in [0.717, 1.165) is 32.4 Å². The van der Waals surface area contributed by atoms with Crippen molar-refractivity contribution in [2.24, 2.45) is 11.8 Å². The van der Waals surface area contributed by atoms with Gasteiger partial charge in [0.05, 0.1) is 0 Å². The molecule has 1 unspecified atom stereocenters. The van der Waals surface area contributed by atoms with Gasteiger partial charge in [-0.15, -0.1) is 0 Å². The quantitative estimate of drug-likeness (QED) is 0.908. The third-order valence-corrected chi connectivity index (χ3v) is 4.19. The van der Waals surface area contributed by atoms with Gasteiger partial charge >= 0.3 is 0 Å². The topological polar surface area (TPSA) is 62.3 Å². The first-order valence-corrected chi connectivity index (χ1v) is 8.51. The molecule has 1 aromatic heterocycles. The lowest BCUT2D eigenvalue weighted by Gasteiger charge is -2.30. The number of pyridine rings is 1. The molecular weight excluding hydrogens is 290 g/mol. The number of hydrogen-bond donors (Lipinski definition) is 1. The Balaban J connectivity index is 2.01. The van der Waals surface area contributed by atoms with Crippen molar-refractivity contribution in [3.8, 4) is 0 Å². The van der Waals surface area contributed by atoms with E-state index in [4.69, 9.17) is 0 Å². The molecule has 0 aromatic carbocycles. The molecule has 1 saturated heterocycles. The second kappa shape index (κ2) is 8.09. The van der Waals surface area contributed by atoms with Crippen molar-refractivity contribution in [3.63, 3.8) is 0 Å². The van der Waals surface area contributed by atoms with Crippen LogP contribution < -0.4 is 5.32 Å². The number of rotatable bonds is 5. The highest BCUT2D eigenvalue weighted by molar-refractivity contribution is 5.98. The van der Waals surface area contributed by atoms with Gasteiger partial charge in [0.2, 0.25) is 0 Å². The van der Waals surface area contributed by atoms with Crippen LogP contribution in [-0.2, 0) is 0 Å². The molecule has 1 aliphatic heterocycles. The molecule has 5 nitrogen and oxygen atoms in total. The molecule has 0 saturated carbocycles. The maximum absolute atomic E-state index is 12.6. The molecule has 1 aliphatic rings. The van der Waals surface area contributed by atoms with E-state index in [-0.39, 0.29) is 11.8 Å². The number of amides is 2. The van der Waals surface area contributed by atoms with Crippen LogP contribution in [0.15, 0.2) is 18.3 Å². The van der Waals surface area contributed by atoms with Crippen molar-refractivity contribution in [2.75, 3.05) is 19.6 Å². The molecule has 126 valence electrons. The fourth-order valence-electron chi connectivity index (χ4n) is 2.80. The molecule has 0 bridgehead atoms. The van der Waals surface area contributed by atoms with Crippen LogP contribution in [0.4, 0.5) is 0 Å². The normalized spacial score (nSPS) is 18.1. The first-order valence-electron chi connectivity index (χ1n) is 8.51. The zero-order valence-electron chi connectivity index (χ0n) is 14.3. The predicted octanol–water partition coefficient (Wildman–Crippen LogP) is 2.73. The van der Waals surface area contributed by atoms with Gasteiger partial charge in [-0.05, 0) is 43.2 Å². The summed E-state index contributed by atoms with van der Waals surface area (Å²) >= 11 is 0. The Hall–Kier alpha value is -1.91. The average molecular weight is 317 g/mol. The van der Waals surface area contributed by atoms with Crippen molar-refractivity contribution in [2.45, 2.75) is 40.0 Å². The maximum Gasteiger partial charge on any atom is 0.272 e. The van der Waals surface area contributed by atoms with Crippen LogP contribution in [0, 0.1) is 11.8 Å². The lowest BCUT2D eigenvalue weighted by atomic mass is 10.00. The van der Waals surface area contributed by atoms with E-state index in [9.17, 15) is 9.59 Å². The van der Waals surface area contributed by atoms with E-state index < -0.39 is 0 Å². The molecule has 2 heterocycles. The standard InChI is InChI=1S/C18H27N3O2/c1-13(2)6-8-20-17(22)15-7-9-19-16(11-15)18(23)21-10-4-5-14(3)12-21/h7,9,11,13-14H,4-6,8,10,12H2,1-3H3,(H,20,22). The van der Waals surface area contributed by atoms with E-state index in [2.05, 4.69) is 31.1 Å². The van der Waals surface area contributed by atoms with Crippen LogP contribution in [0.5, 0.6) is 0 Å². The summed E-state index contributed by atoms with van der Waals surface area (Å²) in [7, 11) is 0. The minimum absolute atomic E-state index is 0.0756. The Morgan fingerprint density at radius 2 is 2.22 bits per heavy atom.